The van der Waals surface area contributed by atoms with Gasteiger partial charge in [0.25, 0.3) is 5.91 Å². The van der Waals surface area contributed by atoms with E-state index in [-0.39, 0.29) is 18.3 Å². The van der Waals surface area contributed by atoms with Crippen molar-refractivity contribution >= 4 is 29.7 Å². The SMILES string of the molecule is CCc1ccc(-n2nc(C(=O)N3CCCc4c(N)cccc43)c3c2CCC3)cc1.Cl. The van der Waals surface area contributed by atoms with Crippen LogP contribution in [0, 0.1) is 0 Å². The number of nitrogens with two attached hydrogens (primary N) is 1. The van der Waals surface area contributed by atoms with Gasteiger partial charge in [0.2, 0.25) is 0 Å². The normalized spacial score (nSPS) is 14.8. The average Bonchev–Trinajstić information content (AvgIpc) is 3.36. The molecule has 0 spiro atoms. The van der Waals surface area contributed by atoms with E-state index >= 15 is 0 Å². The molecule has 2 N–H and O–H groups in total. The van der Waals surface area contributed by atoms with Gasteiger partial charge in [0.15, 0.2) is 5.69 Å². The van der Waals surface area contributed by atoms with Crippen LogP contribution in [-0.4, -0.2) is 22.2 Å². The molecule has 1 aliphatic heterocycles. The summed E-state index contributed by atoms with van der Waals surface area (Å²) >= 11 is 0. The number of nitrogens with zero attached hydrogens (tertiary/aromatic N) is 3. The molecule has 0 fully saturated rings. The Morgan fingerprint density at radius 2 is 1.80 bits per heavy atom. The molecule has 5 rings (SSSR count). The number of aryl methyl sites for hydroxylation is 1. The van der Waals surface area contributed by atoms with Crippen LogP contribution in [0.15, 0.2) is 42.5 Å². The number of hydrogen-bond donors (Lipinski definition) is 1. The van der Waals surface area contributed by atoms with Crippen molar-refractivity contribution in [3.63, 3.8) is 0 Å². The maximum Gasteiger partial charge on any atom is 0.279 e. The van der Waals surface area contributed by atoms with Crippen LogP contribution in [0.2, 0.25) is 0 Å². The third-order valence-corrected chi connectivity index (χ3v) is 6.25. The van der Waals surface area contributed by atoms with Crippen LogP contribution in [0.1, 0.15) is 52.6 Å². The molecule has 1 aliphatic carbocycles. The van der Waals surface area contributed by atoms with Crippen molar-refractivity contribution in [3.05, 3.63) is 70.5 Å². The third kappa shape index (κ3) is 3.27. The number of aromatic nitrogens is 2. The maximum absolute atomic E-state index is 13.6. The lowest BCUT2D eigenvalue weighted by atomic mass is 9.99. The molecule has 0 radical (unpaired) electrons. The van der Waals surface area contributed by atoms with E-state index in [4.69, 9.17) is 10.8 Å². The summed E-state index contributed by atoms with van der Waals surface area (Å²) in [6.45, 7) is 2.86. The molecule has 0 saturated carbocycles. The van der Waals surface area contributed by atoms with Crippen molar-refractivity contribution in [2.75, 3.05) is 17.2 Å². The van der Waals surface area contributed by atoms with Crippen molar-refractivity contribution in [1.82, 2.24) is 9.78 Å². The van der Waals surface area contributed by atoms with E-state index in [2.05, 4.69) is 31.2 Å². The summed E-state index contributed by atoms with van der Waals surface area (Å²) in [6, 6.07) is 14.3. The molecule has 3 aromatic rings. The first kappa shape index (κ1) is 20.5. The minimum Gasteiger partial charge on any atom is -0.398 e. The molecule has 2 heterocycles. The highest BCUT2D eigenvalue weighted by Crippen LogP contribution is 2.34. The van der Waals surface area contributed by atoms with E-state index in [1.54, 1.807) is 0 Å². The molecule has 1 aromatic heterocycles. The molecule has 1 amide bonds. The Morgan fingerprint density at radius 3 is 2.57 bits per heavy atom. The Morgan fingerprint density at radius 1 is 1.03 bits per heavy atom. The molecular weight excluding hydrogens is 396 g/mol. The van der Waals surface area contributed by atoms with Crippen LogP contribution in [0.25, 0.3) is 5.69 Å². The molecule has 0 unspecified atom stereocenters. The Labute approximate surface area is 183 Å². The number of nitrogen functional groups attached to an aromatic ring is 1. The van der Waals surface area contributed by atoms with E-state index in [1.165, 1.54) is 11.3 Å². The molecule has 2 aliphatic rings. The van der Waals surface area contributed by atoms with Crippen LogP contribution in [0.5, 0.6) is 0 Å². The summed E-state index contributed by atoms with van der Waals surface area (Å²) in [5.41, 5.74) is 14.2. The molecule has 156 valence electrons. The monoisotopic (exact) mass is 422 g/mol. The Bertz CT molecular complexity index is 1090. The highest BCUT2D eigenvalue weighted by Gasteiger charge is 2.32. The third-order valence-electron chi connectivity index (χ3n) is 6.25. The van der Waals surface area contributed by atoms with Crippen molar-refractivity contribution in [2.45, 2.75) is 45.4 Å². The second-order valence-corrected chi connectivity index (χ2v) is 7.96. The zero-order chi connectivity index (χ0) is 20.0. The van der Waals surface area contributed by atoms with Crippen molar-refractivity contribution in [1.29, 1.82) is 0 Å². The standard InChI is InChI=1S/C24H26N4O.ClH/c1-2-16-11-13-17(14-12-16)28-22-10-3-6-19(22)23(26-28)24(29)27-15-5-7-18-20(25)8-4-9-21(18)27;/h4,8-9,11-14H,2-3,5-7,10,15,25H2,1H3;1H. The minimum atomic E-state index is -0.00127. The van der Waals surface area contributed by atoms with Crippen LogP contribution >= 0.6 is 12.4 Å². The number of fused-ring (bicyclic) bond motifs is 2. The topological polar surface area (TPSA) is 64.2 Å². The first-order valence-corrected chi connectivity index (χ1v) is 10.6. The van der Waals surface area contributed by atoms with E-state index < -0.39 is 0 Å². The number of anilines is 2. The maximum atomic E-state index is 13.6. The summed E-state index contributed by atoms with van der Waals surface area (Å²) in [5.74, 6) is -0.00127. The fraction of sp³-hybridized carbons (Fsp3) is 0.333. The summed E-state index contributed by atoms with van der Waals surface area (Å²) in [5, 5.41) is 4.82. The average molecular weight is 423 g/mol. The molecule has 0 bridgehead atoms. The highest BCUT2D eigenvalue weighted by molar-refractivity contribution is 6.07. The highest BCUT2D eigenvalue weighted by atomic mass is 35.5. The van der Waals surface area contributed by atoms with Crippen molar-refractivity contribution < 1.29 is 4.79 Å². The fourth-order valence-electron chi connectivity index (χ4n) is 4.69. The first-order valence-electron chi connectivity index (χ1n) is 10.6. The van der Waals surface area contributed by atoms with Crippen LogP contribution < -0.4 is 10.6 Å². The lowest BCUT2D eigenvalue weighted by molar-refractivity contribution is 0.0979. The van der Waals surface area contributed by atoms with Gasteiger partial charge in [-0.25, -0.2) is 4.68 Å². The Kier molecular flexibility index (Phi) is 5.56. The molecule has 30 heavy (non-hydrogen) atoms. The molecule has 0 saturated heterocycles. The molecule has 0 atom stereocenters. The van der Waals surface area contributed by atoms with Gasteiger partial charge in [-0.05, 0) is 73.9 Å². The Hall–Kier alpha value is -2.79. The van der Waals surface area contributed by atoms with Gasteiger partial charge in [0, 0.05) is 29.2 Å². The summed E-state index contributed by atoms with van der Waals surface area (Å²) in [7, 11) is 0. The number of rotatable bonds is 3. The zero-order valence-electron chi connectivity index (χ0n) is 17.2. The van der Waals surface area contributed by atoms with Gasteiger partial charge in [-0.2, -0.15) is 5.10 Å². The quantitative estimate of drug-likeness (QED) is 0.631. The summed E-state index contributed by atoms with van der Waals surface area (Å²) in [4.78, 5) is 15.5. The van der Waals surface area contributed by atoms with Crippen molar-refractivity contribution in [2.24, 2.45) is 0 Å². The predicted octanol–water partition coefficient (Wildman–Crippen LogP) is 4.52. The molecule has 2 aromatic carbocycles. The number of carbonyl (C=O) groups is 1. The van der Waals surface area contributed by atoms with Gasteiger partial charge in [-0.3, -0.25) is 4.79 Å². The van der Waals surface area contributed by atoms with Gasteiger partial charge in [0.05, 0.1) is 5.69 Å². The number of halogens is 1. The van der Waals surface area contributed by atoms with Gasteiger partial charge < -0.3 is 10.6 Å². The van der Waals surface area contributed by atoms with Gasteiger partial charge in [0.1, 0.15) is 0 Å². The van der Waals surface area contributed by atoms with Crippen LogP contribution in [0.3, 0.4) is 0 Å². The van der Waals surface area contributed by atoms with Gasteiger partial charge >= 0.3 is 0 Å². The minimum absolute atomic E-state index is 0. The first-order chi connectivity index (χ1) is 14.2. The predicted molar refractivity (Wildman–Crippen MR) is 123 cm³/mol. The molecular formula is C24H27ClN4O. The Balaban J connectivity index is 0.00000218. The molecule has 6 heteroatoms. The fourth-order valence-corrected chi connectivity index (χ4v) is 4.69. The smallest absolute Gasteiger partial charge is 0.279 e. The van der Waals surface area contributed by atoms with E-state index in [9.17, 15) is 4.79 Å². The lowest BCUT2D eigenvalue weighted by Gasteiger charge is -2.30. The zero-order valence-corrected chi connectivity index (χ0v) is 18.0. The largest absolute Gasteiger partial charge is 0.398 e. The lowest BCUT2D eigenvalue weighted by Crippen LogP contribution is -2.36. The molecule has 5 nitrogen and oxygen atoms in total. The van der Waals surface area contributed by atoms with E-state index in [0.29, 0.717) is 12.2 Å². The summed E-state index contributed by atoms with van der Waals surface area (Å²) in [6.07, 6.45) is 5.81. The summed E-state index contributed by atoms with van der Waals surface area (Å²) < 4.78 is 1.99. The second-order valence-electron chi connectivity index (χ2n) is 7.96. The van der Waals surface area contributed by atoms with Crippen LogP contribution in [-0.2, 0) is 25.7 Å². The van der Waals surface area contributed by atoms with Gasteiger partial charge in [-0.1, -0.05) is 25.1 Å². The van der Waals surface area contributed by atoms with E-state index in [0.717, 1.165) is 66.7 Å². The van der Waals surface area contributed by atoms with Crippen LogP contribution in [0.4, 0.5) is 11.4 Å². The number of hydrogen-bond acceptors (Lipinski definition) is 3. The number of amides is 1. The van der Waals surface area contributed by atoms with E-state index in [1.807, 2.05) is 27.8 Å². The number of benzene rings is 2. The van der Waals surface area contributed by atoms with Crippen molar-refractivity contribution in [3.8, 4) is 5.69 Å². The second kappa shape index (κ2) is 8.15. The number of carbonyl (C=O) groups excluding carboxylic acids is 1. The van der Waals surface area contributed by atoms with Gasteiger partial charge in [-0.15, -0.1) is 12.4 Å².